The lowest BCUT2D eigenvalue weighted by Gasteiger charge is -2.05. The van der Waals surface area contributed by atoms with Crippen molar-refractivity contribution in [1.29, 1.82) is 0 Å². The van der Waals surface area contributed by atoms with Crippen LogP contribution in [0.25, 0.3) is 16.7 Å². The van der Waals surface area contributed by atoms with Gasteiger partial charge in [0.05, 0.1) is 5.52 Å². The molecule has 0 unspecified atom stereocenters. The number of rotatable bonds is 4. The third-order valence-corrected chi connectivity index (χ3v) is 3.69. The van der Waals surface area contributed by atoms with Gasteiger partial charge in [0.15, 0.2) is 11.5 Å². The van der Waals surface area contributed by atoms with Crippen LogP contribution in [0.5, 0.6) is 0 Å². The van der Waals surface area contributed by atoms with Gasteiger partial charge in [-0.2, -0.15) is 10.2 Å². The molecular weight excluding hydrogens is 304 g/mol. The normalized spacial score (nSPS) is 10.8. The van der Waals surface area contributed by atoms with E-state index in [1.165, 1.54) is 0 Å². The van der Waals surface area contributed by atoms with Crippen molar-refractivity contribution >= 4 is 16.8 Å². The maximum Gasteiger partial charge on any atom is 0.272 e. The summed E-state index contributed by atoms with van der Waals surface area (Å²) < 4.78 is 1.68. The van der Waals surface area contributed by atoms with Crippen LogP contribution < -0.4 is 5.32 Å². The van der Waals surface area contributed by atoms with Crippen molar-refractivity contribution in [3.05, 3.63) is 72.3 Å². The van der Waals surface area contributed by atoms with Crippen LogP contribution in [0, 0.1) is 0 Å². The summed E-state index contributed by atoms with van der Waals surface area (Å²) in [5.41, 5.74) is 2.14. The molecule has 2 N–H and O–H groups in total. The maximum absolute atomic E-state index is 12.3. The first-order valence-corrected chi connectivity index (χ1v) is 7.47. The van der Waals surface area contributed by atoms with Crippen LogP contribution in [0.4, 0.5) is 0 Å². The number of nitrogens with one attached hydrogen (secondary N) is 2. The summed E-state index contributed by atoms with van der Waals surface area (Å²) in [5.74, 6) is 0.511. The van der Waals surface area contributed by atoms with E-state index in [1.54, 1.807) is 17.1 Å². The quantitative estimate of drug-likeness (QED) is 0.603. The first-order valence-electron chi connectivity index (χ1n) is 7.47. The molecule has 3 heterocycles. The van der Waals surface area contributed by atoms with Crippen LogP contribution in [0.3, 0.4) is 0 Å². The van der Waals surface area contributed by atoms with Gasteiger partial charge < -0.3 is 5.32 Å². The number of pyridine rings is 1. The predicted molar refractivity (Wildman–Crippen MR) is 88.6 cm³/mol. The molecule has 24 heavy (non-hydrogen) atoms. The first kappa shape index (κ1) is 14.1. The molecule has 0 fully saturated rings. The molecule has 4 aromatic rings. The number of hydrogen-bond acceptors (Lipinski definition) is 4. The number of para-hydroxylation sites is 1. The summed E-state index contributed by atoms with van der Waals surface area (Å²) in [7, 11) is 0. The number of hydrogen-bond donors (Lipinski definition) is 2. The number of nitrogens with zero attached hydrogens (tertiary/aromatic N) is 4. The van der Waals surface area contributed by atoms with Crippen LogP contribution in [-0.2, 0) is 6.54 Å². The smallest absolute Gasteiger partial charge is 0.272 e. The fraction of sp³-hybridized carbons (Fsp3) is 0.0588. The lowest BCUT2D eigenvalue weighted by Crippen LogP contribution is -2.23. The van der Waals surface area contributed by atoms with Gasteiger partial charge in [-0.25, -0.2) is 9.67 Å². The van der Waals surface area contributed by atoms with E-state index in [1.807, 2.05) is 48.7 Å². The fourth-order valence-corrected chi connectivity index (χ4v) is 2.46. The van der Waals surface area contributed by atoms with E-state index < -0.39 is 0 Å². The number of carbonyl (C=O) groups is 1. The van der Waals surface area contributed by atoms with Crippen molar-refractivity contribution in [2.45, 2.75) is 6.54 Å². The number of benzene rings is 1. The second-order valence-corrected chi connectivity index (χ2v) is 5.28. The molecule has 118 valence electrons. The summed E-state index contributed by atoms with van der Waals surface area (Å²) in [5, 5.41) is 14.7. The van der Waals surface area contributed by atoms with Crippen molar-refractivity contribution in [2.24, 2.45) is 0 Å². The summed E-state index contributed by atoms with van der Waals surface area (Å²) in [6, 6.07) is 13.1. The van der Waals surface area contributed by atoms with Crippen molar-refractivity contribution < 1.29 is 4.79 Å². The molecular formula is C17H14N6O. The Kier molecular flexibility index (Phi) is 3.51. The summed E-state index contributed by atoms with van der Waals surface area (Å²) >= 11 is 0. The lowest BCUT2D eigenvalue weighted by molar-refractivity contribution is 0.0947. The molecule has 1 aromatic carbocycles. The number of amides is 1. The molecule has 0 bridgehead atoms. The zero-order valence-electron chi connectivity index (χ0n) is 12.7. The summed E-state index contributed by atoms with van der Waals surface area (Å²) in [6.07, 6.45) is 5.25. The molecule has 7 nitrogen and oxygen atoms in total. The fourth-order valence-electron chi connectivity index (χ4n) is 2.46. The molecule has 0 aliphatic heterocycles. The molecule has 1 amide bonds. The lowest BCUT2D eigenvalue weighted by atomic mass is 10.2. The van der Waals surface area contributed by atoms with E-state index in [2.05, 4.69) is 25.6 Å². The minimum atomic E-state index is -0.219. The molecule has 0 saturated heterocycles. The minimum absolute atomic E-state index is 0.219. The van der Waals surface area contributed by atoms with Gasteiger partial charge in [-0.15, -0.1) is 0 Å². The van der Waals surface area contributed by atoms with Crippen LogP contribution in [-0.4, -0.2) is 30.9 Å². The highest BCUT2D eigenvalue weighted by molar-refractivity contribution is 6.04. The van der Waals surface area contributed by atoms with Gasteiger partial charge in [-0.1, -0.05) is 24.3 Å². The monoisotopic (exact) mass is 318 g/mol. The zero-order valence-corrected chi connectivity index (χ0v) is 12.7. The summed E-state index contributed by atoms with van der Waals surface area (Å²) in [4.78, 5) is 16.7. The van der Waals surface area contributed by atoms with Gasteiger partial charge >= 0.3 is 0 Å². The predicted octanol–water partition coefficient (Wildman–Crippen LogP) is 2.07. The number of aromatic amines is 1. The van der Waals surface area contributed by atoms with Crippen molar-refractivity contribution in [1.82, 2.24) is 30.3 Å². The topological polar surface area (TPSA) is 88.5 Å². The molecule has 0 aliphatic rings. The van der Waals surface area contributed by atoms with Crippen LogP contribution in [0.1, 0.15) is 16.1 Å². The molecule has 0 radical (unpaired) electrons. The number of aromatic nitrogens is 5. The summed E-state index contributed by atoms with van der Waals surface area (Å²) in [6.45, 7) is 0.381. The number of fused-ring (bicyclic) bond motifs is 1. The third kappa shape index (κ3) is 2.63. The number of carbonyl (C=O) groups excluding carboxylic acids is 1. The molecule has 4 rings (SSSR count). The standard InChI is InChI=1S/C17H14N6O/c24-17(16-13-4-1-2-5-14(13)21-22-16)19-11-12-6-7-15(18-10-12)23-9-3-8-20-23/h1-10H,11H2,(H,19,24)(H,21,22). The maximum atomic E-state index is 12.3. The number of H-pyrrole nitrogens is 1. The van der Waals surface area contributed by atoms with Gasteiger partial charge in [-0.05, 0) is 23.8 Å². The minimum Gasteiger partial charge on any atom is -0.346 e. The average molecular weight is 318 g/mol. The SMILES string of the molecule is O=C(NCc1ccc(-n2cccn2)nc1)c1n[nH]c2ccccc12. The highest BCUT2D eigenvalue weighted by Gasteiger charge is 2.13. The largest absolute Gasteiger partial charge is 0.346 e. The second kappa shape index (κ2) is 5.96. The molecule has 0 atom stereocenters. The highest BCUT2D eigenvalue weighted by Crippen LogP contribution is 2.15. The van der Waals surface area contributed by atoms with Gasteiger partial charge in [0.25, 0.3) is 5.91 Å². The Labute approximate surface area is 137 Å². The Morgan fingerprint density at radius 3 is 2.88 bits per heavy atom. The Hall–Kier alpha value is -3.48. The Morgan fingerprint density at radius 2 is 2.08 bits per heavy atom. The van der Waals surface area contributed by atoms with E-state index in [9.17, 15) is 4.79 Å². The molecule has 3 aromatic heterocycles. The Morgan fingerprint density at radius 1 is 1.17 bits per heavy atom. The Bertz CT molecular complexity index is 972. The van der Waals surface area contributed by atoms with Gasteiger partial charge in [0.2, 0.25) is 0 Å². The van der Waals surface area contributed by atoms with E-state index in [4.69, 9.17) is 0 Å². The van der Waals surface area contributed by atoms with Crippen molar-refractivity contribution in [3.8, 4) is 5.82 Å². The molecule has 0 aliphatic carbocycles. The van der Waals surface area contributed by atoms with Crippen LogP contribution in [0.15, 0.2) is 61.1 Å². The van der Waals surface area contributed by atoms with E-state index in [0.29, 0.717) is 12.2 Å². The first-order chi connectivity index (χ1) is 11.8. The van der Waals surface area contributed by atoms with Crippen molar-refractivity contribution in [2.75, 3.05) is 0 Å². The van der Waals surface area contributed by atoms with Gasteiger partial charge in [0, 0.05) is 30.5 Å². The molecule has 0 saturated carbocycles. The Balaban J connectivity index is 1.45. The average Bonchev–Trinajstić information content (AvgIpc) is 3.30. The van der Waals surface area contributed by atoms with E-state index >= 15 is 0 Å². The second-order valence-electron chi connectivity index (χ2n) is 5.28. The van der Waals surface area contributed by atoms with E-state index in [-0.39, 0.29) is 5.91 Å². The molecule has 7 heteroatoms. The van der Waals surface area contributed by atoms with Gasteiger partial charge in [-0.3, -0.25) is 9.89 Å². The third-order valence-electron chi connectivity index (χ3n) is 3.69. The van der Waals surface area contributed by atoms with Gasteiger partial charge in [0.1, 0.15) is 0 Å². The van der Waals surface area contributed by atoms with E-state index in [0.717, 1.165) is 22.3 Å². The van der Waals surface area contributed by atoms with Crippen LogP contribution in [0.2, 0.25) is 0 Å². The highest BCUT2D eigenvalue weighted by atomic mass is 16.1. The molecule has 0 spiro atoms. The van der Waals surface area contributed by atoms with Crippen molar-refractivity contribution in [3.63, 3.8) is 0 Å². The zero-order chi connectivity index (χ0) is 16.4. The van der Waals surface area contributed by atoms with Crippen LogP contribution >= 0.6 is 0 Å².